The van der Waals surface area contributed by atoms with E-state index in [4.69, 9.17) is 0 Å². The molecule has 0 radical (unpaired) electrons. The summed E-state index contributed by atoms with van der Waals surface area (Å²) < 4.78 is 0. The zero-order valence-electron chi connectivity index (χ0n) is 13.3. The fourth-order valence-electron chi connectivity index (χ4n) is 2.91. The fraction of sp³-hybridized carbons (Fsp3) is 0.400. The average Bonchev–Trinajstić information content (AvgIpc) is 2.53. The van der Waals surface area contributed by atoms with E-state index in [1.807, 2.05) is 0 Å². The van der Waals surface area contributed by atoms with Crippen LogP contribution in [0.4, 0.5) is 0 Å². The number of hydrogen-bond donors (Lipinski definition) is 0. The molecule has 0 heterocycles. The number of rotatable bonds is 8. The van der Waals surface area contributed by atoms with Gasteiger partial charge in [-0.05, 0) is 50.4 Å². The summed E-state index contributed by atoms with van der Waals surface area (Å²) in [6.07, 6.45) is 3.55. The van der Waals surface area contributed by atoms with E-state index in [-0.39, 0.29) is 0 Å². The number of hydrogen-bond acceptors (Lipinski definition) is 1. The third-order valence-electron chi connectivity index (χ3n) is 4.16. The van der Waals surface area contributed by atoms with Gasteiger partial charge < -0.3 is 4.90 Å². The molecule has 0 aliphatic heterocycles. The van der Waals surface area contributed by atoms with Crippen molar-refractivity contribution in [2.75, 3.05) is 13.1 Å². The molecule has 2 aromatic carbocycles. The molecule has 0 spiro atoms. The van der Waals surface area contributed by atoms with Crippen LogP contribution >= 0.6 is 0 Å². The third kappa shape index (κ3) is 5.35. The van der Waals surface area contributed by atoms with Gasteiger partial charge in [0.1, 0.15) is 0 Å². The molecule has 0 aromatic heterocycles. The number of benzene rings is 2. The standard InChI is InChI=1S/C20H27N/c1-3-21(16-10-15-19-11-6-4-7-12-19)18(2)17-20-13-8-5-9-14-20/h4-9,11-14,18H,3,10,15-17H2,1-2H3. The first-order valence-electron chi connectivity index (χ1n) is 8.11. The van der Waals surface area contributed by atoms with Crippen LogP contribution in [-0.4, -0.2) is 24.0 Å². The molecule has 0 amide bonds. The number of likely N-dealkylation sites (N-methyl/N-ethyl adjacent to an activating group) is 1. The van der Waals surface area contributed by atoms with Crippen molar-refractivity contribution >= 4 is 0 Å². The Kier molecular flexibility index (Phi) is 6.49. The minimum absolute atomic E-state index is 0.605. The summed E-state index contributed by atoms with van der Waals surface area (Å²) in [5.41, 5.74) is 2.88. The van der Waals surface area contributed by atoms with Crippen LogP contribution in [0.5, 0.6) is 0 Å². The molecule has 2 rings (SSSR count). The minimum atomic E-state index is 0.605. The lowest BCUT2D eigenvalue weighted by molar-refractivity contribution is 0.216. The maximum atomic E-state index is 2.59. The normalized spacial score (nSPS) is 12.5. The molecule has 0 bridgehead atoms. The second-order valence-corrected chi connectivity index (χ2v) is 5.76. The first-order chi connectivity index (χ1) is 10.3. The van der Waals surface area contributed by atoms with Crippen LogP contribution in [0, 0.1) is 0 Å². The van der Waals surface area contributed by atoms with Crippen molar-refractivity contribution in [2.24, 2.45) is 0 Å². The largest absolute Gasteiger partial charge is 0.301 e. The van der Waals surface area contributed by atoms with Crippen LogP contribution in [0.2, 0.25) is 0 Å². The Morgan fingerprint density at radius 2 is 1.43 bits per heavy atom. The molecule has 21 heavy (non-hydrogen) atoms. The first-order valence-corrected chi connectivity index (χ1v) is 8.11. The highest BCUT2D eigenvalue weighted by Crippen LogP contribution is 2.10. The fourth-order valence-corrected chi connectivity index (χ4v) is 2.91. The summed E-state index contributed by atoms with van der Waals surface area (Å²) in [5, 5.41) is 0. The van der Waals surface area contributed by atoms with Crippen LogP contribution in [0.3, 0.4) is 0 Å². The van der Waals surface area contributed by atoms with E-state index in [0.29, 0.717) is 6.04 Å². The molecule has 0 saturated carbocycles. The van der Waals surface area contributed by atoms with Gasteiger partial charge in [-0.15, -0.1) is 0 Å². The molecular weight excluding hydrogens is 254 g/mol. The summed E-state index contributed by atoms with van der Waals surface area (Å²) in [6, 6.07) is 22.2. The molecule has 0 saturated heterocycles. The zero-order valence-corrected chi connectivity index (χ0v) is 13.3. The van der Waals surface area contributed by atoms with Gasteiger partial charge in [0.05, 0.1) is 0 Å². The second-order valence-electron chi connectivity index (χ2n) is 5.76. The van der Waals surface area contributed by atoms with Gasteiger partial charge in [0.25, 0.3) is 0 Å². The average molecular weight is 281 g/mol. The van der Waals surface area contributed by atoms with Crippen LogP contribution in [0.15, 0.2) is 60.7 Å². The van der Waals surface area contributed by atoms with E-state index < -0.39 is 0 Å². The quantitative estimate of drug-likeness (QED) is 0.685. The maximum absolute atomic E-state index is 2.59. The Morgan fingerprint density at radius 1 is 0.857 bits per heavy atom. The summed E-state index contributed by atoms with van der Waals surface area (Å²) in [6.45, 7) is 6.92. The highest BCUT2D eigenvalue weighted by atomic mass is 15.1. The molecule has 1 heteroatoms. The van der Waals surface area contributed by atoms with Gasteiger partial charge in [0.2, 0.25) is 0 Å². The van der Waals surface area contributed by atoms with Gasteiger partial charge in [-0.3, -0.25) is 0 Å². The van der Waals surface area contributed by atoms with Crippen LogP contribution in [0.25, 0.3) is 0 Å². The Bertz CT molecular complexity index is 492. The van der Waals surface area contributed by atoms with Gasteiger partial charge in [-0.2, -0.15) is 0 Å². The van der Waals surface area contributed by atoms with Crippen molar-refractivity contribution in [3.05, 3.63) is 71.8 Å². The first kappa shape index (κ1) is 15.8. The molecule has 112 valence electrons. The lowest BCUT2D eigenvalue weighted by Crippen LogP contribution is -2.35. The molecular formula is C20H27N. The van der Waals surface area contributed by atoms with Gasteiger partial charge in [0, 0.05) is 6.04 Å². The SMILES string of the molecule is CCN(CCCc1ccccc1)C(C)Cc1ccccc1. The van der Waals surface area contributed by atoms with E-state index in [9.17, 15) is 0 Å². The topological polar surface area (TPSA) is 3.24 Å². The molecule has 0 aliphatic rings. The Labute approximate surface area is 129 Å². The van der Waals surface area contributed by atoms with Crippen LogP contribution in [0.1, 0.15) is 31.4 Å². The minimum Gasteiger partial charge on any atom is -0.301 e. The van der Waals surface area contributed by atoms with Crippen LogP contribution in [-0.2, 0) is 12.8 Å². The van der Waals surface area contributed by atoms with Crippen molar-refractivity contribution in [1.29, 1.82) is 0 Å². The van der Waals surface area contributed by atoms with E-state index in [1.54, 1.807) is 0 Å². The molecule has 0 N–H and O–H groups in total. The predicted octanol–water partition coefficient (Wildman–Crippen LogP) is 4.57. The molecule has 2 aromatic rings. The lowest BCUT2D eigenvalue weighted by Gasteiger charge is -2.28. The third-order valence-corrected chi connectivity index (χ3v) is 4.16. The molecule has 0 fully saturated rings. The number of aryl methyl sites for hydroxylation is 1. The predicted molar refractivity (Wildman–Crippen MR) is 91.6 cm³/mol. The van der Waals surface area contributed by atoms with E-state index in [1.165, 1.54) is 30.5 Å². The maximum Gasteiger partial charge on any atom is 0.0107 e. The van der Waals surface area contributed by atoms with Crippen molar-refractivity contribution in [3.8, 4) is 0 Å². The molecule has 1 unspecified atom stereocenters. The molecule has 0 aliphatic carbocycles. The van der Waals surface area contributed by atoms with Crippen molar-refractivity contribution in [2.45, 2.75) is 39.2 Å². The highest BCUT2D eigenvalue weighted by Gasteiger charge is 2.12. The number of nitrogens with zero attached hydrogens (tertiary/aromatic N) is 1. The smallest absolute Gasteiger partial charge is 0.0107 e. The van der Waals surface area contributed by atoms with Crippen molar-refractivity contribution in [3.63, 3.8) is 0 Å². The van der Waals surface area contributed by atoms with Gasteiger partial charge in [0.15, 0.2) is 0 Å². The Balaban J connectivity index is 1.79. The lowest BCUT2D eigenvalue weighted by atomic mass is 10.0. The highest BCUT2D eigenvalue weighted by molar-refractivity contribution is 5.16. The van der Waals surface area contributed by atoms with Gasteiger partial charge >= 0.3 is 0 Å². The van der Waals surface area contributed by atoms with E-state index in [0.717, 1.165) is 13.0 Å². The Morgan fingerprint density at radius 3 is 2.00 bits per heavy atom. The molecule has 1 atom stereocenters. The zero-order chi connectivity index (χ0) is 14.9. The van der Waals surface area contributed by atoms with Gasteiger partial charge in [-0.1, -0.05) is 67.6 Å². The monoisotopic (exact) mass is 281 g/mol. The van der Waals surface area contributed by atoms with E-state index in [2.05, 4.69) is 79.4 Å². The summed E-state index contributed by atoms with van der Waals surface area (Å²) in [5.74, 6) is 0. The summed E-state index contributed by atoms with van der Waals surface area (Å²) in [4.78, 5) is 2.59. The summed E-state index contributed by atoms with van der Waals surface area (Å²) >= 11 is 0. The Hall–Kier alpha value is -1.60. The van der Waals surface area contributed by atoms with Crippen molar-refractivity contribution < 1.29 is 0 Å². The summed E-state index contributed by atoms with van der Waals surface area (Å²) in [7, 11) is 0. The van der Waals surface area contributed by atoms with E-state index >= 15 is 0 Å². The van der Waals surface area contributed by atoms with Crippen LogP contribution < -0.4 is 0 Å². The van der Waals surface area contributed by atoms with Gasteiger partial charge in [-0.25, -0.2) is 0 Å². The molecule has 1 nitrogen and oxygen atoms in total. The second kappa shape index (κ2) is 8.63. The van der Waals surface area contributed by atoms with Crippen molar-refractivity contribution in [1.82, 2.24) is 4.90 Å².